The van der Waals surface area contributed by atoms with Gasteiger partial charge < -0.3 is 15.8 Å². The summed E-state index contributed by atoms with van der Waals surface area (Å²) in [5, 5.41) is 2.78. The Hall–Kier alpha value is -2.56. The molecule has 0 aliphatic carbocycles. The molecule has 2 heterocycles. The minimum absolute atomic E-state index is 0.0240. The van der Waals surface area contributed by atoms with Crippen LogP contribution < -0.4 is 15.8 Å². The zero-order chi connectivity index (χ0) is 13.4. The number of nitrogen functional groups attached to an aromatic ring is 1. The predicted molar refractivity (Wildman–Crippen MR) is 72.2 cm³/mol. The van der Waals surface area contributed by atoms with Crippen molar-refractivity contribution in [1.82, 2.24) is 4.98 Å². The topological polar surface area (TPSA) is 77.2 Å². The number of hydrogen-bond donors (Lipinski definition) is 2. The fourth-order valence-electron chi connectivity index (χ4n) is 2.06. The van der Waals surface area contributed by atoms with Gasteiger partial charge in [0.2, 0.25) is 5.91 Å². The molecule has 0 atom stereocenters. The standard InChI is InChI=1S/C14H13N3O2/c1-8-12(3-2-4-16-8)19-13-7-11-9(5-10(13)15)6-14(18)17-11/h2-5,7H,6,15H2,1H3,(H,17,18). The van der Waals surface area contributed by atoms with Crippen molar-refractivity contribution in [3.63, 3.8) is 0 Å². The molecule has 0 spiro atoms. The van der Waals surface area contributed by atoms with E-state index in [-0.39, 0.29) is 5.91 Å². The van der Waals surface area contributed by atoms with Gasteiger partial charge in [-0.3, -0.25) is 9.78 Å². The minimum atomic E-state index is -0.0240. The van der Waals surface area contributed by atoms with Crippen LogP contribution in [0.1, 0.15) is 11.3 Å². The second-order valence-corrected chi connectivity index (χ2v) is 4.46. The lowest BCUT2D eigenvalue weighted by molar-refractivity contribution is -0.115. The SMILES string of the molecule is Cc1ncccc1Oc1cc2c(cc1N)CC(=O)N2. The Kier molecular flexibility index (Phi) is 2.59. The number of ether oxygens (including phenoxy) is 1. The third kappa shape index (κ3) is 2.10. The van der Waals surface area contributed by atoms with E-state index in [2.05, 4.69) is 10.3 Å². The minimum Gasteiger partial charge on any atom is -0.453 e. The van der Waals surface area contributed by atoms with Gasteiger partial charge in [0.25, 0.3) is 0 Å². The monoisotopic (exact) mass is 255 g/mol. The van der Waals surface area contributed by atoms with Crippen molar-refractivity contribution in [3.8, 4) is 11.5 Å². The van der Waals surface area contributed by atoms with Gasteiger partial charge in [0.1, 0.15) is 5.75 Å². The number of benzene rings is 1. The lowest BCUT2D eigenvalue weighted by Gasteiger charge is -2.11. The smallest absolute Gasteiger partial charge is 0.228 e. The summed E-state index contributed by atoms with van der Waals surface area (Å²) in [6.45, 7) is 1.86. The Morgan fingerprint density at radius 3 is 3.00 bits per heavy atom. The number of rotatable bonds is 2. The predicted octanol–water partition coefficient (Wildman–Crippen LogP) is 2.26. The average Bonchev–Trinajstić information content (AvgIpc) is 2.71. The molecule has 5 nitrogen and oxygen atoms in total. The van der Waals surface area contributed by atoms with Crippen LogP contribution in [0.15, 0.2) is 30.5 Å². The normalized spacial score (nSPS) is 13.0. The van der Waals surface area contributed by atoms with E-state index in [9.17, 15) is 4.79 Å². The van der Waals surface area contributed by atoms with E-state index in [4.69, 9.17) is 10.5 Å². The molecule has 5 heteroatoms. The summed E-state index contributed by atoms with van der Waals surface area (Å²) in [7, 11) is 0. The number of nitrogens with one attached hydrogen (secondary N) is 1. The van der Waals surface area contributed by atoms with Gasteiger partial charge in [0.05, 0.1) is 17.8 Å². The maximum atomic E-state index is 11.3. The van der Waals surface area contributed by atoms with Crippen LogP contribution >= 0.6 is 0 Å². The molecule has 1 amide bonds. The molecular formula is C14H13N3O2. The van der Waals surface area contributed by atoms with Crippen molar-refractivity contribution in [3.05, 3.63) is 41.7 Å². The number of aryl methyl sites for hydroxylation is 1. The molecule has 0 bridgehead atoms. The Balaban J connectivity index is 1.97. The molecule has 0 fully saturated rings. The fraction of sp³-hybridized carbons (Fsp3) is 0.143. The molecule has 19 heavy (non-hydrogen) atoms. The van der Waals surface area contributed by atoms with Gasteiger partial charge in [-0.15, -0.1) is 0 Å². The van der Waals surface area contributed by atoms with Crippen LogP contribution in [0, 0.1) is 6.92 Å². The van der Waals surface area contributed by atoms with Crippen LogP contribution in [-0.4, -0.2) is 10.9 Å². The molecule has 1 aromatic heterocycles. The second kappa shape index (κ2) is 4.28. The number of pyridine rings is 1. The van der Waals surface area contributed by atoms with E-state index >= 15 is 0 Å². The lowest BCUT2D eigenvalue weighted by atomic mass is 10.1. The van der Waals surface area contributed by atoms with Crippen LogP contribution in [0.2, 0.25) is 0 Å². The molecule has 0 saturated carbocycles. The zero-order valence-corrected chi connectivity index (χ0v) is 10.4. The summed E-state index contributed by atoms with van der Waals surface area (Å²) in [6.07, 6.45) is 2.07. The highest BCUT2D eigenvalue weighted by Gasteiger charge is 2.20. The molecule has 1 aromatic carbocycles. The highest BCUT2D eigenvalue weighted by molar-refractivity contribution is 6.00. The van der Waals surface area contributed by atoms with Crippen LogP contribution in [-0.2, 0) is 11.2 Å². The van der Waals surface area contributed by atoms with E-state index in [1.54, 1.807) is 24.4 Å². The number of aromatic nitrogens is 1. The summed E-state index contributed by atoms with van der Waals surface area (Å²) < 4.78 is 5.76. The van der Waals surface area contributed by atoms with Gasteiger partial charge in [0, 0.05) is 18.0 Å². The third-order valence-corrected chi connectivity index (χ3v) is 3.04. The maximum Gasteiger partial charge on any atom is 0.228 e. The van der Waals surface area contributed by atoms with Crippen LogP contribution in [0.4, 0.5) is 11.4 Å². The molecular weight excluding hydrogens is 242 g/mol. The number of hydrogen-bond acceptors (Lipinski definition) is 4. The van der Waals surface area contributed by atoms with Crippen molar-refractivity contribution < 1.29 is 9.53 Å². The van der Waals surface area contributed by atoms with Crippen LogP contribution in [0.5, 0.6) is 11.5 Å². The number of anilines is 2. The van der Waals surface area contributed by atoms with Crippen molar-refractivity contribution in [2.75, 3.05) is 11.1 Å². The highest BCUT2D eigenvalue weighted by Crippen LogP contribution is 2.35. The third-order valence-electron chi connectivity index (χ3n) is 3.04. The molecule has 3 rings (SSSR count). The average molecular weight is 255 g/mol. The van der Waals surface area contributed by atoms with Crippen molar-refractivity contribution in [1.29, 1.82) is 0 Å². The summed E-state index contributed by atoms with van der Waals surface area (Å²) in [4.78, 5) is 15.5. The number of nitrogens with zero attached hydrogens (tertiary/aromatic N) is 1. The van der Waals surface area contributed by atoms with Crippen molar-refractivity contribution in [2.45, 2.75) is 13.3 Å². The van der Waals surface area contributed by atoms with Crippen molar-refractivity contribution >= 4 is 17.3 Å². The van der Waals surface area contributed by atoms with E-state index in [0.717, 1.165) is 16.9 Å². The molecule has 2 aromatic rings. The summed E-state index contributed by atoms with van der Waals surface area (Å²) in [5.74, 6) is 1.15. The number of carbonyl (C=O) groups is 1. The molecule has 0 radical (unpaired) electrons. The zero-order valence-electron chi connectivity index (χ0n) is 10.4. The van der Waals surface area contributed by atoms with Gasteiger partial charge in [-0.25, -0.2) is 0 Å². The second-order valence-electron chi connectivity index (χ2n) is 4.46. The molecule has 1 aliphatic rings. The van der Waals surface area contributed by atoms with E-state index in [1.165, 1.54) is 0 Å². The fourth-order valence-corrected chi connectivity index (χ4v) is 2.06. The first-order chi connectivity index (χ1) is 9.13. The van der Waals surface area contributed by atoms with Crippen molar-refractivity contribution in [2.24, 2.45) is 0 Å². The number of carbonyl (C=O) groups excluding carboxylic acids is 1. The van der Waals surface area contributed by atoms with Crippen LogP contribution in [0.3, 0.4) is 0 Å². The van der Waals surface area contributed by atoms with Gasteiger partial charge in [-0.05, 0) is 30.7 Å². The number of fused-ring (bicyclic) bond motifs is 1. The van der Waals surface area contributed by atoms with E-state index in [1.807, 2.05) is 13.0 Å². The lowest BCUT2D eigenvalue weighted by Crippen LogP contribution is -2.03. The van der Waals surface area contributed by atoms with Gasteiger partial charge in [-0.2, -0.15) is 0 Å². The first kappa shape index (κ1) is 11.5. The summed E-state index contributed by atoms with van der Waals surface area (Å²) in [5.41, 5.74) is 8.91. The highest BCUT2D eigenvalue weighted by atomic mass is 16.5. The first-order valence-corrected chi connectivity index (χ1v) is 5.95. The Morgan fingerprint density at radius 1 is 1.37 bits per heavy atom. The quantitative estimate of drug-likeness (QED) is 0.807. The number of amides is 1. The Labute approximate surface area is 110 Å². The maximum absolute atomic E-state index is 11.3. The van der Waals surface area contributed by atoms with Gasteiger partial charge in [0.15, 0.2) is 5.75 Å². The van der Waals surface area contributed by atoms with E-state index < -0.39 is 0 Å². The van der Waals surface area contributed by atoms with E-state index in [0.29, 0.717) is 23.6 Å². The molecule has 0 unspecified atom stereocenters. The Bertz CT molecular complexity index is 668. The molecule has 96 valence electrons. The van der Waals surface area contributed by atoms with Crippen LogP contribution in [0.25, 0.3) is 0 Å². The molecule has 1 aliphatic heterocycles. The van der Waals surface area contributed by atoms with Gasteiger partial charge >= 0.3 is 0 Å². The van der Waals surface area contributed by atoms with Gasteiger partial charge in [-0.1, -0.05) is 0 Å². The Morgan fingerprint density at radius 2 is 2.21 bits per heavy atom. The summed E-state index contributed by atoms with van der Waals surface area (Å²) >= 11 is 0. The largest absolute Gasteiger partial charge is 0.453 e. The number of nitrogens with two attached hydrogens (primary N) is 1. The molecule has 0 saturated heterocycles. The summed E-state index contributed by atoms with van der Waals surface area (Å²) in [6, 6.07) is 7.15. The first-order valence-electron chi connectivity index (χ1n) is 5.95. The molecule has 3 N–H and O–H groups in total.